The van der Waals surface area contributed by atoms with E-state index in [1.807, 2.05) is 0 Å². The van der Waals surface area contributed by atoms with Gasteiger partial charge in [0.05, 0.1) is 6.10 Å². The Bertz CT molecular complexity index is 409. The first kappa shape index (κ1) is 11.5. The fourth-order valence-electron chi connectivity index (χ4n) is 1.16. The molecular weight excluding hydrogens is 196 g/mol. The number of H-pyrrole nitrogens is 1. The normalized spacial score (nSPS) is 12.2. The molecule has 1 heterocycles. The summed E-state index contributed by atoms with van der Waals surface area (Å²) in [5.41, 5.74) is 0.624. The molecule has 0 fully saturated rings. The molecule has 0 aliphatic rings. The van der Waals surface area contributed by atoms with Crippen molar-refractivity contribution in [2.45, 2.75) is 20.0 Å². The highest BCUT2D eigenvalue weighted by Gasteiger charge is 2.07. The third kappa shape index (κ3) is 3.55. The standard InChI is InChI=1S/C10H14N2O3/c1-6-3-8(4-9(14)12-6)10(15)11-5-7(2)13/h3-4,7,13H,5H2,1-2H3,(H,11,15)(H,12,14). The number of hydrogen-bond donors (Lipinski definition) is 3. The van der Waals surface area contributed by atoms with E-state index in [1.54, 1.807) is 19.9 Å². The fourth-order valence-corrected chi connectivity index (χ4v) is 1.16. The number of aliphatic hydroxyl groups is 1. The number of aromatic amines is 1. The molecule has 0 aliphatic heterocycles. The molecule has 1 amide bonds. The van der Waals surface area contributed by atoms with Gasteiger partial charge in [-0.15, -0.1) is 0 Å². The minimum atomic E-state index is -0.600. The van der Waals surface area contributed by atoms with E-state index in [-0.39, 0.29) is 18.0 Å². The van der Waals surface area contributed by atoms with Crippen LogP contribution in [0.15, 0.2) is 16.9 Å². The number of carbonyl (C=O) groups is 1. The van der Waals surface area contributed by atoms with Crippen molar-refractivity contribution in [3.8, 4) is 0 Å². The topological polar surface area (TPSA) is 82.2 Å². The van der Waals surface area contributed by atoms with Gasteiger partial charge < -0.3 is 15.4 Å². The van der Waals surface area contributed by atoms with Gasteiger partial charge in [-0.05, 0) is 19.9 Å². The zero-order valence-electron chi connectivity index (χ0n) is 8.70. The second kappa shape index (κ2) is 4.75. The van der Waals surface area contributed by atoms with Crippen molar-refractivity contribution in [1.82, 2.24) is 10.3 Å². The SMILES string of the molecule is Cc1cc(C(=O)NCC(C)O)cc(=O)[nH]1. The molecule has 0 radical (unpaired) electrons. The number of nitrogens with one attached hydrogen (secondary N) is 2. The van der Waals surface area contributed by atoms with Gasteiger partial charge in [0, 0.05) is 23.9 Å². The van der Waals surface area contributed by atoms with Gasteiger partial charge in [0.25, 0.3) is 5.91 Å². The van der Waals surface area contributed by atoms with E-state index in [4.69, 9.17) is 5.11 Å². The summed E-state index contributed by atoms with van der Waals surface area (Å²) in [6, 6.07) is 2.81. The average Bonchev–Trinajstić information content (AvgIpc) is 2.12. The Balaban J connectivity index is 2.78. The number of rotatable bonds is 3. The molecule has 1 rings (SSSR count). The molecule has 1 atom stereocenters. The van der Waals surface area contributed by atoms with Gasteiger partial charge >= 0.3 is 0 Å². The maximum absolute atomic E-state index is 11.5. The molecule has 0 aromatic carbocycles. The van der Waals surface area contributed by atoms with Crippen molar-refractivity contribution in [2.24, 2.45) is 0 Å². The number of aryl methyl sites for hydroxylation is 1. The predicted molar refractivity (Wildman–Crippen MR) is 55.8 cm³/mol. The summed E-state index contributed by atoms with van der Waals surface area (Å²) in [5, 5.41) is 11.5. The Morgan fingerprint density at radius 1 is 1.60 bits per heavy atom. The highest BCUT2D eigenvalue weighted by molar-refractivity contribution is 5.94. The molecule has 5 heteroatoms. The first-order chi connectivity index (χ1) is 6.99. The van der Waals surface area contributed by atoms with Crippen LogP contribution in [0.25, 0.3) is 0 Å². The van der Waals surface area contributed by atoms with Crippen LogP contribution in [0.3, 0.4) is 0 Å². The summed E-state index contributed by atoms with van der Waals surface area (Å²) in [6.45, 7) is 3.45. The minimum Gasteiger partial charge on any atom is -0.392 e. The zero-order chi connectivity index (χ0) is 11.4. The lowest BCUT2D eigenvalue weighted by atomic mass is 10.2. The molecule has 1 aromatic heterocycles. The molecule has 5 nitrogen and oxygen atoms in total. The van der Waals surface area contributed by atoms with Crippen molar-refractivity contribution in [1.29, 1.82) is 0 Å². The largest absolute Gasteiger partial charge is 0.392 e. The smallest absolute Gasteiger partial charge is 0.251 e. The molecule has 1 aromatic rings. The molecule has 1 unspecified atom stereocenters. The monoisotopic (exact) mass is 210 g/mol. The first-order valence-corrected chi connectivity index (χ1v) is 4.66. The number of carbonyl (C=O) groups excluding carboxylic acids is 1. The van der Waals surface area contributed by atoms with Gasteiger partial charge in [0.1, 0.15) is 0 Å². The van der Waals surface area contributed by atoms with Crippen LogP contribution < -0.4 is 10.9 Å². The lowest BCUT2D eigenvalue weighted by Crippen LogP contribution is -2.31. The maximum atomic E-state index is 11.5. The van der Waals surface area contributed by atoms with Crippen LogP contribution in [-0.4, -0.2) is 28.6 Å². The van der Waals surface area contributed by atoms with Gasteiger partial charge in [-0.3, -0.25) is 9.59 Å². The quantitative estimate of drug-likeness (QED) is 0.645. The Labute approximate surface area is 87.1 Å². The third-order valence-corrected chi connectivity index (χ3v) is 1.80. The van der Waals surface area contributed by atoms with Crippen molar-refractivity contribution < 1.29 is 9.90 Å². The third-order valence-electron chi connectivity index (χ3n) is 1.80. The zero-order valence-corrected chi connectivity index (χ0v) is 8.70. The second-order valence-corrected chi connectivity index (χ2v) is 3.48. The molecule has 0 saturated heterocycles. The summed E-state index contributed by atoms with van der Waals surface area (Å²) in [4.78, 5) is 25.1. The number of aromatic nitrogens is 1. The summed E-state index contributed by atoms with van der Waals surface area (Å²) in [7, 11) is 0. The number of hydrogen-bond acceptors (Lipinski definition) is 3. The van der Waals surface area contributed by atoms with E-state index in [9.17, 15) is 9.59 Å². The maximum Gasteiger partial charge on any atom is 0.251 e. The Morgan fingerprint density at radius 3 is 2.80 bits per heavy atom. The van der Waals surface area contributed by atoms with E-state index < -0.39 is 6.10 Å². The first-order valence-electron chi connectivity index (χ1n) is 4.66. The van der Waals surface area contributed by atoms with Crippen molar-refractivity contribution >= 4 is 5.91 Å². The van der Waals surface area contributed by atoms with E-state index in [0.717, 1.165) is 0 Å². The molecular formula is C10H14N2O3. The second-order valence-electron chi connectivity index (χ2n) is 3.48. The van der Waals surface area contributed by atoms with Gasteiger partial charge in [0.2, 0.25) is 5.56 Å². The molecule has 0 bridgehead atoms. The summed E-state index contributed by atoms with van der Waals surface area (Å²) in [5.74, 6) is -0.356. The lowest BCUT2D eigenvalue weighted by Gasteiger charge is -2.07. The van der Waals surface area contributed by atoms with Crippen LogP contribution in [0.1, 0.15) is 23.0 Å². The molecule has 3 N–H and O–H groups in total. The molecule has 15 heavy (non-hydrogen) atoms. The lowest BCUT2D eigenvalue weighted by molar-refractivity contribution is 0.0923. The van der Waals surface area contributed by atoms with Crippen LogP contribution in [0, 0.1) is 6.92 Å². The van der Waals surface area contributed by atoms with E-state index in [0.29, 0.717) is 11.3 Å². The average molecular weight is 210 g/mol. The van der Waals surface area contributed by atoms with Crippen molar-refractivity contribution in [3.63, 3.8) is 0 Å². The minimum absolute atomic E-state index is 0.171. The van der Waals surface area contributed by atoms with Crippen molar-refractivity contribution in [2.75, 3.05) is 6.54 Å². The van der Waals surface area contributed by atoms with Crippen molar-refractivity contribution in [3.05, 3.63) is 33.7 Å². The van der Waals surface area contributed by atoms with Crippen LogP contribution in [-0.2, 0) is 0 Å². The molecule has 0 saturated carbocycles. The number of aliphatic hydroxyl groups excluding tert-OH is 1. The van der Waals surface area contributed by atoms with Gasteiger partial charge in [-0.1, -0.05) is 0 Å². The van der Waals surface area contributed by atoms with Gasteiger partial charge in [0.15, 0.2) is 0 Å². The van der Waals surface area contributed by atoms with E-state index >= 15 is 0 Å². The van der Waals surface area contributed by atoms with Gasteiger partial charge in [-0.2, -0.15) is 0 Å². The van der Waals surface area contributed by atoms with E-state index in [1.165, 1.54) is 6.07 Å². The summed E-state index contributed by atoms with van der Waals surface area (Å²) >= 11 is 0. The Kier molecular flexibility index (Phi) is 3.62. The summed E-state index contributed by atoms with van der Waals surface area (Å²) < 4.78 is 0. The van der Waals surface area contributed by atoms with Crippen LogP contribution in [0.4, 0.5) is 0 Å². The Hall–Kier alpha value is -1.62. The number of amides is 1. The molecule has 0 spiro atoms. The Morgan fingerprint density at radius 2 is 2.27 bits per heavy atom. The fraction of sp³-hybridized carbons (Fsp3) is 0.400. The highest BCUT2D eigenvalue weighted by Crippen LogP contribution is 1.97. The summed E-state index contributed by atoms with van der Waals surface area (Å²) in [6.07, 6.45) is -0.600. The number of pyridine rings is 1. The molecule has 82 valence electrons. The molecule has 0 aliphatic carbocycles. The van der Waals surface area contributed by atoms with Crippen LogP contribution in [0.2, 0.25) is 0 Å². The van der Waals surface area contributed by atoms with Crippen LogP contribution >= 0.6 is 0 Å². The van der Waals surface area contributed by atoms with Crippen LogP contribution in [0.5, 0.6) is 0 Å². The van der Waals surface area contributed by atoms with E-state index in [2.05, 4.69) is 10.3 Å². The van der Waals surface area contributed by atoms with Gasteiger partial charge in [-0.25, -0.2) is 0 Å². The highest BCUT2D eigenvalue weighted by atomic mass is 16.3. The predicted octanol–water partition coefficient (Wildman–Crippen LogP) is -0.206.